The van der Waals surface area contributed by atoms with Crippen molar-refractivity contribution in [1.29, 1.82) is 0 Å². The van der Waals surface area contributed by atoms with Gasteiger partial charge in [-0.1, -0.05) is 11.6 Å². The first-order valence-corrected chi connectivity index (χ1v) is 14.3. The highest BCUT2D eigenvalue weighted by Gasteiger charge is 2.16. The van der Waals surface area contributed by atoms with E-state index in [2.05, 4.69) is 30.1 Å². The van der Waals surface area contributed by atoms with Crippen molar-refractivity contribution < 1.29 is 13.2 Å². The van der Waals surface area contributed by atoms with E-state index in [4.69, 9.17) is 16.3 Å². The molecular weight excluding hydrogens is 524 g/mol. The van der Waals surface area contributed by atoms with Gasteiger partial charge in [-0.2, -0.15) is 0 Å². The molecule has 5 rings (SSSR count). The molecule has 1 fully saturated rings. The zero-order valence-corrected chi connectivity index (χ0v) is 22.8. The van der Waals surface area contributed by atoms with Gasteiger partial charge in [-0.05, 0) is 98.6 Å². The molecule has 0 saturated carbocycles. The van der Waals surface area contributed by atoms with Gasteiger partial charge in [0.25, 0.3) is 0 Å². The number of benzene rings is 3. The van der Waals surface area contributed by atoms with E-state index < -0.39 is 10.0 Å². The van der Waals surface area contributed by atoms with Crippen molar-refractivity contribution in [3.63, 3.8) is 0 Å². The minimum atomic E-state index is -3.58. The molecule has 9 nitrogen and oxygen atoms in total. The van der Waals surface area contributed by atoms with Gasteiger partial charge in [0, 0.05) is 29.4 Å². The number of methoxy groups -OCH3 is 1. The number of halogens is 1. The van der Waals surface area contributed by atoms with E-state index in [-0.39, 0.29) is 4.90 Å². The maximum absolute atomic E-state index is 12.6. The van der Waals surface area contributed by atoms with Crippen LogP contribution in [0.5, 0.6) is 5.75 Å². The van der Waals surface area contributed by atoms with E-state index in [1.807, 2.05) is 31.2 Å². The molecule has 1 saturated heterocycles. The third-order valence-electron chi connectivity index (χ3n) is 6.57. The number of hydrogen-bond acceptors (Lipinski definition) is 8. The molecule has 3 aromatic carbocycles. The number of fused-ring (bicyclic) bond motifs is 1. The number of anilines is 2. The quantitative estimate of drug-likeness (QED) is 0.305. The Balaban J connectivity index is 1.30. The molecule has 0 amide bonds. The molecule has 0 spiro atoms. The summed E-state index contributed by atoms with van der Waals surface area (Å²) in [7, 11) is -1.96. The number of nitrogens with one attached hydrogen (secondary N) is 2. The Labute approximate surface area is 227 Å². The van der Waals surface area contributed by atoms with Crippen molar-refractivity contribution in [2.75, 3.05) is 38.6 Å². The summed E-state index contributed by atoms with van der Waals surface area (Å²) in [5, 5.41) is 12.3. The smallest absolute Gasteiger partial charge is 0.247 e. The maximum Gasteiger partial charge on any atom is 0.247 e. The standard InChI is InChI=1S/C27H29ClN6O3S/c1-18-15-19(23-17-21(37-2)7-10-24(23)28)16-25-26(18)31-27(33-32-25)30-20-5-8-22(9-6-20)38(35,36)29-11-14-34-12-3-4-13-34/h5-10,15-17,29H,3-4,11-14H2,1-2H3,(H,30,31,33). The van der Waals surface area contributed by atoms with Crippen LogP contribution in [-0.4, -0.2) is 61.8 Å². The molecule has 1 aliphatic heterocycles. The van der Waals surface area contributed by atoms with Crippen LogP contribution in [0.25, 0.3) is 22.2 Å². The molecule has 0 unspecified atom stereocenters. The molecule has 11 heteroatoms. The molecule has 2 heterocycles. The average molecular weight is 553 g/mol. The Hall–Kier alpha value is -3.31. The molecule has 1 aromatic heterocycles. The third kappa shape index (κ3) is 5.88. The minimum Gasteiger partial charge on any atom is -0.497 e. The van der Waals surface area contributed by atoms with Gasteiger partial charge in [-0.3, -0.25) is 0 Å². The predicted octanol–water partition coefficient (Wildman–Crippen LogP) is 4.78. The third-order valence-corrected chi connectivity index (χ3v) is 8.38. The highest BCUT2D eigenvalue weighted by molar-refractivity contribution is 7.89. The molecular formula is C27H29ClN6O3S. The summed E-state index contributed by atoms with van der Waals surface area (Å²) in [5.74, 6) is 1.02. The highest BCUT2D eigenvalue weighted by atomic mass is 35.5. The summed E-state index contributed by atoms with van der Waals surface area (Å²) in [6.07, 6.45) is 2.35. The lowest BCUT2D eigenvalue weighted by Crippen LogP contribution is -2.33. The van der Waals surface area contributed by atoms with Crippen LogP contribution in [0.2, 0.25) is 5.02 Å². The van der Waals surface area contributed by atoms with Crippen LogP contribution < -0.4 is 14.8 Å². The fraction of sp³-hybridized carbons (Fsp3) is 0.296. The number of sulfonamides is 1. The fourth-order valence-electron chi connectivity index (χ4n) is 4.55. The van der Waals surface area contributed by atoms with E-state index in [0.29, 0.717) is 40.0 Å². The van der Waals surface area contributed by atoms with Gasteiger partial charge in [-0.25, -0.2) is 18.1 Å². The summed E-state index contributed by atoms with van der Waals surface area (Å²) in [6, 6.07) is 15.9. The summed E-state index contributed by atoms with van der Waals surface area (Å²) in [6.45, 7) is 5.13. The van der Waals surface area contributed by atoms with Gasteiger partial charge in [0.2, 0.25) is 16.0 Å². The first-order chi connectivity index (χ1) is 18.3. The topological polar surface area (TPSA) is 109 Å². The van der Waals surface area contributed by atoms with Crippen LogP contribution >= 0.6 is 11.6 Å². The van der Waals surface area contributed by atoms with E-state index in [9.17, 15) is 8.42 Å². The Morgan fingerprint density at radius 2 is 1.79 bits per heavy atom. The van der Waals surface area contributed by atoms with Crippen LogP contribution in [0.1, 0.15) is 18.4 Å². The van der Waals surface area contributed by atoms with E-state index in [0.717, 1.165) is 36.3 Å². The van der Waals surface area contributed by atoms with Gasteiger partial charge in [0.15, 0.2) is 0 Å². The Morgan fingerprint density at radius 1 is 1.03 bits per heavy atom. The van der Waals surface area contributed by atoms with Crippen LogP contribution in [0, 0.1) is 6.92 Å². The van der Waals surface area contributed by atoms with Gasteiger partial charge < -0.3 is 15.0 Å². The van der Waals surface area contributed by atoms with E-state index >= 15 is 0 Å². The number of hydrogen-bond donors (Lipinski definition) is 2. The first-order valence-electron chi connectivity index (χ1n) is 12.4. The maximum atomic E-state index is 12.6. The highest BCUT2D eigenvalue weighted by Crippen LogP contribution is 2.34. The van der Waals surface area contributed by atoms with Crippen molar-refractivity contribution in [3.05, 3.63) is 65.2 Å². The molecule has 198 valence electrons. The number of ether oxygens (including phenoxy) is 1. The molecule has 4 aromatic rings. The van der Waals surface area contributed by atoms with Crippen molar-refractivity contribution in [2.45, 2.75) is 24.7 Å². The van der Waals surface area contributed by atoms with Crippen molar-refractivity contribution in [3.8, 4) is 16.9 Å². The zero-order valence-electron chi connectivity index (χ0n) is 21.2. The Kier molecular flexibility index (Phi) is 7.75. The molecule has 38 heavy (non-hydrogen) atoms. The summed E-state index contributed by atoms with van der Waals surface area (Å²) >= 11 is 6.44. The van der Waals surface area contributed by atoms with Crippen molar-refractivity contribution >= 4 is 44.3 Å². The molecule has 0 bridgehead atoms. The normalized spacial score (nSPS) is 14.2. The van der Waals surface area contributed by atoms with Gasteiger partial charge in [0.1, 0.15) is 11.3 Å². The van der Waals surface area contributed by atoms with Crippen LogP contribution in [0.15, 0.2) is 59.5 Å². The van der Waals surface area contributed by atoms with E-state index in [1.54, 1.807) is 37.4 Å². The number of nitrogens with zero attached hydrogens (tertiary/aromatic N) is 4. The Morgan fingerprint density at radius 3 is 2.53 bits per heavy atom. The molecule has 0 radical (unpaired) electrons. The van der Waals surface area contributed by atoms with E-state index in [1.165, 1.54) is 12.8 Å². The number of aromatic nitrogens is 3. The lowest BCUT2D eigenvalue weighted by atomic mass is 10.0. The van der Waals surface area contributed by atoms with Gasteiger partial charge in [-0.15, -0.1) is 10.2 Å². The molecule has 2 N–H and O–H groups in total. The van der Waals surface area contributed by atoms with Crippen molar-refractivity contribution in [1.82, 2.24) is 24.8 Å². The lowest BCUT2D eigenvalue weighted by Gasteiger charge is -2.15. The lowest BCUT2D eigenvalue weighted by molar-refractivity contribution is 0.344. The molecule has 1 aliphatic rings. The van der Waals surface area contributed by atoms with Crippen LogP contribution in [-0.2, 0) is 10.0 Å². The predicted molar refractivity (Wildman–Crippen MR) is 150 cm³/mol. The summed E-state index contributed by atoms with van der Waals surface area (Å²) in [5.41, 5.74) is 4.62. The summed E-state index contributed by atoms with van der Waals surface area (Å²) in [4.78, 5) is 7.11. The van der Waals surface area contributed by atoms with Gasteiger partial charge >= 0.3 is 0 Å². The average Bonchev–Trinajstić information content (AvgIpc) is 3.43. The minimum absolute atomic E-state index is 0.210. The molecule has 0 aliphatic carbocycles. The largest absolute Gasteiger partial charge is 0.497 e. The van der Waals surface area contributed by atoms with Crippen molar-refractivity contribution in [2.24, 2.45) is 0 Å². The first kappa shape index (κ1) is 26.3. The Bertz CT molecular complexity index is 1560. The van der Waals surface area contributed by atoms with Crippen LogP contribution in [0.3, 0.4) is 0 Å². The number of likely N-dealkylation sites (tertiary alicyclic amines) is 1. The SMILES string of the molecule is COc1ccc(Cl)c(-c2cc(C)c3nc(Nc4ccc(S(=O)(=O)NCCN5CCCC5)cc4)nnc3c2)c1. The second kappa shape index (κ2) is 11.2. The summed E-state index contributed by atoms with van der Waals surface area (Å²) < 4.78 is 33.3. The number of aryl methyl sites for hydroxylation is 1. The molecule has 0 atom stereocenters. The number of rotatable bonds is 9. The second-order valence-electron chi connectivity index (χ2n) is 9.24. The fourth-order valence-corrected chi connectivity index (χ4v) is 5.80. The van der Waals surface area contributed by atoms with Crippen LogP contribution in [0.4, 0.5) is 11.6 Å². The van der Waals surface area contributed by atoms with Gasteiger partial charge in [0.05, 0.1) is 17.5 Å². The monoisotopic (exact) mass is 552 g/mol. The zero-order chi connectivity index (χ0) is 26.7. The second-order valence-corrected chi connectivity index (χ2v) is 11.4.